The summed E-state index contributed by atoms with van der Waals surface area (Å²) in [5, 5.41) is 0. The zero-order chi connectivity index (χ0) is 13.9. The number of likely N-dealkylation sites (tertiary alicyclic amines) is 1. The Bertz CT molecular complexity index is 325. The highest BCUT2D eigenvalue weighted by atomic mass is 16.6. The molecule has 0 radical (unpaired) electrons. The van der Waals surface area contributed by atoms with Crippen molar-refractivity contribution in [3.63, 3.8) is 0 Å². The average Bonchev–Trinajstić information content (AvgIpc) is 2.24. The van der Waals surface area contributed by atoms with Gasteiger partial charge in [-0.3, -0.25) is 4.79 Å². The molecule has 1 fully saturated rings. The van der Waals surface area contributed by atoms with Crippen molar-refractivity contribution in [2.24, 2.45) is 11.7 Å². The molecule has 2 atom stereocenters. The van der Waals surface area contributed by atoms with Crippen LogP contribution in [0.1, 0.15) is 27.2 Å². The number of nitrogens with zero attached hydrogens (tertiary/aromatic N) is 1. The highest BCUT2D eigenvalue weighted by molar-refractivity contribution is 5.75. The number of amides is 1. The molecule has 0 aliphatic carbocycles. The Kier molecular flexibility index (Phi) is 4.56. The Morgan fingerprint density at radius 2 is 1.89 bits per heavy atom. The molecule has 0 unspecified atom stereocenters. The number of hydrogen-bond donors (Lipinski definition) is 1. The van der Waals surface area contributed by atoms with Gasteiger partial charge in [0.1, 0.15) is 5.60 Å². The van der Waals surface area contributed by atoms with Crippen LogP contribution in [0.3, 0.4) is 0 Å². The van der Waals surface area contributed by atoms with Gasteiger partial charge in [0.25, 0.3) is 0 Å². The first-order valence-electron chi connectivity index (χ1n) is 6.04. The van der Waals surface area contributed by atoms with Crippen LogP contribution in [0.15, 0.2) is 0 Å². The van der Waals surface area contributed by atoms with E-state index in [9.17, 15) is 9.59 Å². The van der Waals surface area contributed by atoms with Crippen molar-refractivity contribution >= 4 is 12.1 Å². The second-order valence-corrected chi connectivity index (χ2v) is 5.60. The Hall–Kier alpha value is -1.30. The van der Waals surface area contributed by atoms with Gasteiger partial charge in [0, 0.05) is 19.1 Å². The summed E-state index contributed by atoms with van der Waals surface area (Å²) >= 11 is 0. The fraction of sp³-hybridized carbons (Fsp3) is 0.833. The summed E-state index contributed by atoms with van der Waals surface area (Å²) in [5.74, 6) is -0.704. The number of carbonyl (C=O) groups is 2. The third kappa shape index (κ3) is 4.18. The predicted octanol–water partition coefficient (Wildman–Crippen LogP) is 0.744. The molecular formula is C12H22N2O4. The van der Waals surface area contributed by atoms with Crippen LogP contribution in [0.25, 0.3) is 0 Å². The lowest BCUT2D eigenvalue weighted by molar-refractivity contribution is -0.147. The van der Waals surface area contributed by atoms with Crippen molar-refractivity contribution in [3.8, 4) is 0 Å². The van der Waals surface area contributed by atoms with Gasteiger partial charge in [-0.05, 0) is 27.2 Å². The Balaban J connectivity index is 2.66. The fourth-order valence-electron chi connectivity index (χ4n) is 1.95. The van der Waals surface area contributed by atoms with E-state index in [4.69, 9.17) is 15.2 Å². The van der Waals surface area contributed by atoms with E-state index >= 15 is 0 Å². The lowest BCUT2D eigenvalue weighted by atomic mass is 9.95. The van der Waals surface area contributed by atoms with Gasteiger partial charge in [0.05, 0.1) is 13.0 Å². The van der Waals surface area contributed by atoms with Crippen molar-refractivity contribution in [2.75, 3.05) is 20.2 Å². The van der Waals surface area contributed by atoms with Crippen LogP contribution in [-0.2, 0) is 14.3 Å². The molecule has 0 aromatic carbocycles. The minimum atomic E-state index is -0.556. The van der Waals surface area contributed by atoms with Crippen molar-refractivity contribution < 1.29 is 19.1 Å². The predicted molar refractivity (Wildman–Crippen MR) is 65.9 cm³/mol. The van der Waals surface area contributed by atoms with E-state index in [1.165, 1.54) is 12.0 Å². The molecule has 0 aromatic rings. The molecular weight excluding hydrogens is 236 g/mol. The molecule has 2 N–H and O–H groups in total. The molecule has 0 spiro atoms. The van der Waals surface area contributed by atoms with Gasteiger partial charge in [0.2, 0.25) is 0 Å². The summed E-state index contributed by atoms with van der Waals surface area (Å²) in [5.41, 5.74) is 5.30. The van der Waals surface area contributed by atoms with Crippen LogP contribution in [0.2, 0.25) is 0 Å². The molecule has 1 aliphatic rings. The monoisotopic (exact) mass is 258 g/mol. The Morgan fingerprint density at radius 3 is 2.39 bits per heavy atom. The number of carbonyl (C=O) groups excluding carboxylic acids is 2. The summed E-state index contributed by atoms with van der Waals surface area (Å²) in [6, 6.07) is -0.227. The number of nitrogens with two attached hydrogens (primary N) is 1. The van der Waals surface area contributed by atoms with Crippen molar-refractivity contribution in [1.29, 1.82) is 0 Å². The number of methoxy groups -OCH3 is 1. The first-order valence-corrected chi connectivity index (χ1v) is 6.04. The van der Waals surface area contributed by atoms with Crippen LogP contribution >= 0.6 is 0 Å². The molecule has 1 aliphatic heterocycles. The molecule has 1 rings (SSSR count). The molecule has 1 heterocycles. The van der Waals surface area contributed by atoms with Crippen molar-refractivity contribution in [3.05, 3.63) is 0 Å². The molecule has 0 saturated carbocycles. The highest BCUT2D eigenvalue weighted by Gasteiger charge is 2.34. The molecule has 0 bridgehead atoms. The smallest absolute Gasteiger partial charge is 0.410 e. The van der Waals surface area contributed by atoms with E-state index in [1.807, 2.05) is 0 Å². The van der Waals surface area contributed by atoms with E-state index in [0.29, 0.717) is 19.5 Å². The quantitative estimate of drug-likeness (QED) is 0.702. The SMILES string of the molecule is COC(=O)[C@H]1C[C@H](N)CN(C(=O)OC(C)(C)C)C1. The third-order valence-electron chi connectivity index (χ3n) is 2.67. The number of rotatable bonds is 1. The van der Waals surface area contributed by atoms with Crippen LogP contribution in [0, 0.1) is 5.92 Å². The van der Waals surface area contributed by atoms with E-state index in [2.05, 4.69) is 0 Å². The average molecular weight is 258 g/mol. The zero-order valence-electron chi connectivity index (χ0n) is 11.4. The standard InChI is InChI=1S/C12H22N2O4/c1-12(2,3)18-11(16)14-6-8(10(15)17-4)5-9(13)7-14/h8-9H,5-7,13H2,1-4H3/t8-,9-/m0/s1. The first kappa shape index (κ1) is 14.8. The van der Waals surface area contributed by atoms with Gasteiger partial charge in [-0.15, -0.1) is 0 Å². The largest absolute Gasteiger partial charge is 0.469 e. The molecule has 1 saturated heterocycles. The normalized spacial score (nSPS) is 24.6. The van der Waals surface area contributed by atoms with E-state index in [0.717, 1.165) is 0 Å². The summed E-state index contributed by atoms with van der Waals surface area (Å²) < 4.78 is 9.96. The third-order valence-corrected chi connectivity index (χ3v) is 2.67. The topological polar surface area (TPSA) is 81.9 Å². The molecule has 1 amide bonds. The second kappa shape index (κ2) is 5.56. The first-order chi connectivity index (χ1) is 8.23. The summed E-state index contributed by atoms with van der Waals surface area (Å²) in [7, 11) is 1.33. The second-order valence-electron chi connectivity index (χ2n) is 5.60. The Morgan fingerprint density at radius 1 is 1.28 bits per heavy atom. The van der Waals surface area contributed by atoms with Gasteiger partial charge >= 0.3 is 12.1 Å². The van der Waals surface area contributed by atoms with E-state index in [1.54, 1.807) is 20.8 Å². The van der Waals surface area contributed by atoms with E-state index < -0.39 is 11.7 Å². The molecule has 104 valence electrons. The maximum absolute atomic E-state index is 11.9. The van der Waals surface area contributed by atoms with Crippen LogP contribution in [0.4, 0.5) is 4.79 Å². The minimum absolute atomic E-state index is 0.227. The number of ether oxygens (including phenoxy) is 2. The maximum Gasteiger partial charge on any atom is 0.410 e. The maximum atomic E-state index is 11.9. The number of piperidine rings is 1. The van der Waals surface area contributed by atoms with Gasteiger partial charge in [0.15, 0.2) is 0 Å². The van der Waals surface area contributed by atoms with Crippen LogP contribution < -0.4 is 5.73 Å². The van der Waals surface area contributed by atoms with Gasteiger partial charge in [-0.2, -0.15) is 0 Å². The summed E-state index contributed by atoms with van der Waals surface area (Å²) in [6.45, 7) is 6.10. The summed E-state index contributed by atoms with van der Waals surface area (Å²) in [4.78, 5) is 24.9. The number of hydrogen-bond acceptors (Lipinski definition) is 5. The lowest BCUT2D eigenvalue weighted by Gasteiger charge is -2.35. The van der Waals surface area contributed by atoms with Gasteiger partial charge in [-0.25, -0.2) is 4.79 Å². The van der Waals surface area contributed by atoms with Gasteiger partial charge < -0.3 is 20.1 Å². The number of esters is 1. The highest BCUT2D eigenvalue weighted by Crippen LogP contribution is 2.19. The molecule has 18 heavy (non-hydrogen) atoms. The summed E-state index contributed by atoms with van der Waals surface area (Å²) in [6.07, 6.45) is 0.0953. The van der Waals surface area contributed by atoms with Crippen molar-refractivity contribution in [2.45, 2.75) is 38.8 Å². The molecule has 6 nitrogen and oxygen atoms in total. The minimum Gasteiger partial charge on any atom is -0.469 e. The van der Waals surface area contributed by atoms with E-state index in [-0.39, 0.29) is 17.9 Å². The fourth-order valence-corrected chi connectivity index (χ4v) is 1.95. The molecule has 0 aromatic heterocycles. The Labute approximate surface area is 107 Å². The molecule has 6 heteroatoms. The van der Waals surface area contributed by atoms with Gasteiger partial charge in [-0.1, -0.05) is 0 Å². The van der Waals surface area contributed by atoms with Crippen molar-refractivity contribution in [1.82, 2.24) is 4.90 Å². The van der Waals surface area contributed by atoms with Crippen LogP contribution in [0.5, 0.6) is 0 Å². The van der Waals surface area contributed by atoms with Crippen LogP contribution in [-0.4, -0.2) is 48.8 Å². The lowest BCUT2D eigenvalue weighted by Crippen LogP contribution is -2.52. The zero-order valence-corrected chi connectivity index (χ0v) is 11.4.